The molecule has 3 fully saturated rings. The van der Waals surface area contributed by atoms with E-state index >= 15 is 0 Å². The number of nitriles is 1. The first-order chi connectivity index (χ1) is 24.9. The van der Waals surface area contributed by atoms with E-state index in [1.807, 2.05) is 29.9 Å². The van der Waals surface area contributed by atoms with E-state index in [0.29, 0.717) is 47.5 Å². The summed E-state index contributed by atoms with van der Waals surface area (Å²) >= 11 is 0. The quantitative estimate of drug-likeness (QED) is 0.197. The molecular weight excluding hydrogens is 650 g/mol. The first-order valence-corrected chi connectivity index (χ1v) is 18.1. The number of nitrogens with one attached hydrogen (secondary N) is 1. The van der Waals surface area contributed by atoms with Crippen molar-refractivity contribution in [3.63, 3.8) is 0 Å². The van der Waals surface area contributed by atoms with E-state index in [2.05, 4.69) is 48.8 Å². The molecule has 1 aromatic carbocycles. The maximum Gasteiger partial charge on any atom is 0.257 e. The molecule has 2 aliphatic carbocycles. The van der Waals surface area contributed by atoms with Gasteiger partial charge in [0.2, 0.25) is 5.95 Å². The smallest absolute Gasteiger partial charge is 0.257 e. The molecule has 3 aromatic heterocycles. The standard InChI is InChI=1S/C36H47N11O4/c1-25(20-46-24-40-43-44-46)51-33-16-26(7-8-27(33)17-37)28-18-38-35(39-19-28)41-32-21-47(42-34(32)50-23-36(48)13-5-14-36)30-11-9-29(10-12-30)45(2)31-6-3-4-15-49-22-31/h7-8,16,18-19,21,24-25,29-31,48H,3-6,9-15,20,22-23H2,1-2H3,(H,38,39,41)/t25-,29?,30?,31+/m0/s1. The molecule has 3 aliphatic rings. The molecule has 2 atom stereocenters. The predicted octanol–water partition coefficient (Wildman–Crippen LogP) is 4.69. The minimum atomic E-state index is -0.807. The van der Waals surface area contributed by atoms with Crippen molar-refractivity contribution < 1.29 is 19.3 Å². The molecule has 0 amide bonds. The van der Waals surface area contributed by atoms with Gasteiger partial charge in [0, 0.05) is 36.6 Å². The number of rotatable bonds is 13. The summed E-state index contributed by atoms with van der Waals surface area (Å²) in [6.07, 6.45) is 16.9. The van der Waals surface area contributed by atoms with Crippen LogP contribution >= 0.6 is 0 Å². The summed E-state index contributed by atoms with van der Waals surface area (Å²) in [7, 11) is 2.26. The van der Waals surface area contributed by atoms with Crippen LogP contribution in [0.4, 0.5) is 11.6 Å². The Morgan fingerprint density at radius 1 is 1.10 bits per heavy atom. The Morgan fingerprint density at radius 3 is 2.65 bits per heavy atom. The average molecular weight is 698 g/mol. The first kappa shape index (κ1) is 34.8. The molecule has 51 heavy (non-hydrogen) atoms. The monoisotopic (exact) mass is 697 g/mol. The maximum absolute atomic E-state index is 10.8. The average Bonchev–Trinajstić information content (AvgIpc) is 3.71. The Morgan fingerprint density at radius 2 is 1.92 bits per heavy atom. The van der Waals surface area contributed by atoms with Gasteiger partial charge in [-0.3, -0.25) is 9.58 Å². The number of likely N-dealkylation sites (N-methyl/N-ethyl adjacent to an activating group) is 1. The van der Waals surface area contributed by atoms with E-state index < -0.39 is 5.60 Å². The number of aliphatic hydroxyl groups is 1. The van der Waals surface area contributed by atoms with Crippen LogP contribution in [-0.4, -0.2) is 101 Å². The van der Waals surface area contributed by atoms with Crippen molar-refractivity contribution in [2.75, 3.05) is 32.2 Å². The number of tetrazole rings is 1. The van der Waals surface area contributed by atoms with Crippen LogP contribution in [0.15, 0.2) is 43.1 Å². The largest absolute Gasteiger partial charge is 0.487 e. The third-order valence-electron chi connectivity index (χ3n) is 10.5. The number of nitrogens with zero attached hydrogens (tertiary/aromatic N) is 10. The van der Waals surface area contributed by atoms with Crippen molar-refractivity contribution in [1.29, 1.82) is 5.26 Å². The topological polar surface area (TPSA) is 174 Å². The van der Waals surface area contributed by atoms with Gasteiger partial charge < -0.3 is 24.6 Å². The molecule has 7 rings (SSSR count). The van der Waals surface area contributed by atoms with Crippen molar-refractivity contribution in [3.8, 4) is 28.8 Å². The maximum atomic E-state index is 10.8. The molecule has 2 saturated carbocycles. The fraction of sp³-hybridized carbons (Fsp3) is 0.583. The number of hydrogen-bond acceptors (Lipinski definition) is 13. The third kappa shape index (κ3) is 8.46. The third-order valence-corrected chi connectivity index (χ3v) is 10.5. The summed E-state index contributed by atoms with van der Waals surface area (Å²) in [6.45, 7) is 4.22. The fourth-order valence-corrected chi connectivity index (χ4v) is 7.26. The van der Waals surface area contributed by atoms with Gasteiger partial charge in [0.15, 0.2) is 0 Å². The number of hydrogen-bond donors (Lipinski definition) is 2. The molecule has 2 N–H and O–H groups in total. The highest BCUT2D eigenvalue weighted by atomic mass is 16.5. The van der Waals surface area contributed by atoms with Gasteiger partial charge in [-0.05, 0) is 106 Å². The molecular formula is C36H47N11O4. The zero-order valence-electron chi connectivity index (χ0n) is 29.4. The molecule has 1 aliphatic heterocycles. The molecule has 1 saturated heterocycles. The highest BCUT2D eigenvalue weighted by Gasteiger charge is 2.36. The van der Waals surface area contributed by atoms with E-state index in [1.54, 1.807) is 23.1 Å². The van der Waals surface area contributed by atoms with Gasteiger partial charge >= 0.3 is 0 Å². The minimum absolute atomic E-state index is 0.191. The minimum Gasteiger partial charge on any atom is -0.487 e. The summed E-state index contributed by atoms with van der Waals surface area (Å²) in [5.74, 6) is 1.28. The summed E-state index contributed by atoms with van der Waals surface area (Å²) in [4.78, 5) is 11.8. The van der Waals surface area contributed by atoms with E-state index in [0.717, 1.165) is 75.7 Å². The van der Waals surface area contributed by atoms with Crippen molar-refractivity contribution >= 4 is 11.6 Å². The second-order valence-corrected chi connectivity index (χ2v) is 14.3. The Labute approximate surface area is 297 Å². The lowest BCUT2D eigenvalue weighted by Gasteiger charge is -2.38. The van der Waals surface area contributed by atoms with E-state index in [1.165, 1.54) is 19.2 Å². The molecule has 4 aromatic rings. The van der Waals surface area contributed by atoms with Crippen LogP contribution in [0, 0.1) is 11.3 Å². The molecule has 4 heterocycles. The number of benzene rings is 1. The second kappa shape index (κ2) is 15.7. The van der Waals surface area contributed by atoms with E-state index in [4.69, 9.17) is 19.3 Å². The van der Waals surface area contributed by atoms with Gasteiger partial charge in [-0.15, -0.1) is 10.2 Å². The lowest BCUT2D eigenvalue weighted by Crippen LogP contribution is -2.44. The normalized spacial score (nSPS) is 22.4. The van der Waals surface area contributed by atoms with Crippen LogP contribution in [0.25, 0.3) is 11.1 Å². The SMILES string of the molecule is C[C@@H](Cn1cnnn1)Oc1cc(-c2cnc(Nc3cn(C4CCC(N(C)[C@@H]5CCCCOC5)CC4)nc3OCC3(O)CCC3)nc2)ccc1C#N. The van der Waals surface area contributed by atoms with Crippen LogP contribution in [0.1, 0.15) is 82.7 Å². The Balaban J connectivity index is 1.03. The molecule has 15 heteroatoms. The number of anilines is 2. The van der Waals surface area contributed by atoms with Gasteiger partial charge in [-0.2, -0.15) is 5.26 Å². The number of ether oxygens (including phenoxy) is 3. The summed E-state index contributed by atoms with van der Waals surface area (Å²) in [6, 6.07) is 8.87. The molecule has 0 radical (unpaired) electrons. The molecule has 0 spiro atoms. The summed E-state index contributed by atoms with van der Waals surface area (Å²) < 4.78 is 21.7. The van der Waals surface area contributed by atoms with E-state index in [9.17, 15) is 10.4 Å². The molecule has 15 nitrogen and oxygen atoms in total. The Hall–Kier alpha value is -4.65. The van der Waals surface area contributed by atoms with Crippen molar-refractivity contribution in [3.05, 3.63) is 48.7 Å². The summed E-state index contributed by atoms with van der Waals surface area (Å²) in [5.41, 5.74) is 1.85. The van der Waals surface area contributed by atoms with Gasteiger partial charge in [0.05, 0.1) is 36.6 Å². The molecule has 0 unspecified atom stereocenters. The highest BCUT2D eigenvalue weighted by molar-refractivity contribution is 5.67. The van der Waals surface area contributed by atoms with Crippen LogP contribution in [0.3, 0.4) is 0 Å². The molecule has 270 valence electrons. The predicted molar refractivity (Wildman–Crippen MR) is 187 cm³/mol. The summed E-state index contributed by atoms with van der Waals surface area (Å²) in [5, 5.41) is 39.8. The van der Waals surface area contributed by atoms with Gasteiger partial charge in [0.1, 0.15) is 36.5 Å². The molecule has 0 bridgehead atoms. The van der Waals surface area contributed by atoms with Crippen LogP contribution in [-0.2, 0) is 11.3 Å². The zero-order chi connectivity index (χ0) is 35.2. The van der Waals surface area contributed by atoms with Gasteiger partial charge in [-0.1, -0.05) is 6.07 Å². The van der Waals surface area contributed by atoms with Crippen LogP contribution in [0.5, 0.6) is 11.6 Å². The van der Waals surface area contributed by atoms with Crippen LogP contribution < -0.4 is 14.8 Å². The Bertz CT molecular complexity index is 1750. The van der Waals surface area contributed by atoms with Gasteiger partial charge in [-0.25, -0.2) is 14.6 Å². The van der Waals surface area contributed by atoms with Crippen molar-refractivity contribution in [2.24, 2.45) is 0 Å². The Kier molecular flexibility index (Phi) is 10.7. The lowest BCUT2D eigenvalue weighted by atomic mass is 9.81. The van der Waals surface area contributed by atoms with Gasteiger partial charge in [0.25, 0.3) is 5.88 Å². The zero-order valence-corrected chi connectivity index (χ0v) is 29.4. The second-order valence-electron chi connectivity index (χ2n) is 14.3. The first-order valence-electron chi connectivity index (χ1n) is 18.1. The van der Waals surface area contributed by atoms with Crippen molar-refractivity contribution in [2.45, 2.75) is 108 Å². The highest BCUT2D eigenvalue weighted by Crippen LogP contribution is 2.37. The van der Waals surface area contributed by atoms with Crippen molar-refractivity contribution in [1.82, 2.24) is 44.9 Å². The number of aromatic nitrogens is 8. The lowest BCUT2D eigenvalue weighted by molar-refractivity contribution is -0.0672. The fourth-order valence-electron chi connectivity index (χ4n) is 7.26. The van der Waals surface area contributed by atoms with E-state index in [-0.39, 0.29) is 18.8 Å². The van der Waals surface area contributed by atoms with Crippen LogP contribution in [0.2, 0.25) is 0 Å².